The van der Waals surface area contributed by atoms with Crippen molar-refractivity contribution < 1.29 is 14.3 Å². The van der Waals surface area contributed by atoms with E-state index in [2.05, 4.69) is 31.4 Å². The van der Waals surface area contributed by atoms with E-state index in [4.69, 9.17) is 9.47 Å². The van der Waals surface area contributed by atoms with Gasteiger partial charge in [-0.1, -0.05) is 0 Å². The third kappa shape index (κ3) is 3.19. The molecule has 1 N–H and O–H groups in total. The van der Waals surface area contributed by atoms with E-state index >= 15 is 0 Å². The number of ether oxygens (including phenoxy) is 2. The second-order valence-corrected chi connectivity index (χ2v) is 5.12. The molecule has 0 saturated carbocycles. The Kier molecular flexibility index (Phi) is 3.83. The molecule has 1 aliphatic heterocycles. The first-order chi connectivity index (χ1) is 10.2. The molecule has 0 radical (unpaired) electrons. The lowest BCUT2D eigenvalue weighted by Gasteiger charge is -2.00. The van der Waals surface area contributed by atoms with Gasteiger partial charge in [0.2, 0.25) is 6.79 Å². The molecule has 2 aromatic rings. The molecule has 1 amide bonds. The first-order valence-electron chi connectivity index (χ1n) is 6.06. The average Bonchev–Trinajstić information content (AvgIpc) is 2.94. The third-order valence-electron chi connectivity index (χ3n) is 2.74. The number of hydrogen-bond donors (Lipinski definition) is 1. The molecular weight excluding hydrogens is 338 g/mol. The lowest BCUT2D eigenvalue weighted by molar-refractivity contribution is 0.0954. The third-order valence-corrected chi connectivity index (χ3v) is 3.18. The van der Waals surface area contributed by atoms with Crippen LogP contribution in [0.5, 0.6) is 11.5 Å². The van der Waals surface area contributed by atoms with Crippen molar-refractivity contribution in [3.8, 4) is 11.5 Å². The first kappa shape index (κ1) is 13.6. The molecule has 3 rings (SSSR count). The highest BCUT2D eigenvalue weighted by molar-refractivity contribution is 9.10. The lowest BCUT2D eigenvalue weighted by Crippen LogP contribution is -2.17. The molecule has 0 atom stereocenters. The van der Waals surface area contributed by atoms with Gasteiger partial charge in [-0.3, -0.25) is 9.78 Å². The number of amides is 1. The topological polar surface area (TPSA) is 72.8 Å². The molecule has 0 unspecified atom stereocenters. The largest absolute Gasteiger partial charge is 0.454 e. The van der Waals surface area contributed by atoms with E-state index in [0.717, 1.165) is 10.0 Å². The van der Waals surface area contributed by atoms with Crippen LogP contribution in [0.2, 0.25) is 0 Å². The van der Waals surface area contributed by atoms with E-state index in [1.807, 2.05) is 6.07 Å². The molecule has 21 heavy (non-hydrogen) atoms. The van der Waals surface area contributed by atoms with Crippen LogP contribution < -0.4 is 14.9 Å². The minimum absolute atomic E-state index is 0.225. The molecule has 0 bridgehead atoms. The summed E-state index contributed by atoms with van der Waals surface area (Å²) in [6.45, 7) is 0.225. The highest BCUT2D eigenvalue weighted by atomic mass is 79.9. The van der Waals surface area contributed by atoms with Crippen LogP contribution in [0.25, 0.3) is 0 Å². The highest BCUT2D eigenvalue weighted by Gasteiger charge is 2.12. The Balaban J connectivity index is 1.65. The van der Waals surface area contributed by atoms with Crippen LogP contribution in [-0.4, -0.2) is 23.9 Å². The predicted octanol–water partition coefficient (Wildman–Crippen LogP) is 2.34. The number of aromatic nitrogens is 1. The summed E-state index contributed by atoms with van der Waals surface area (Å²) in [6.07, 6.45) is 4.61. The van der Waals surface area contributed by atoms with Crippen molar-refractivity contribution >= 4 is 28.1 Å². The molecular formula is C14H10BrN3O3. The second-order valence-electron chi connectivity index (χ2n) is 4.20. The Morgan fingerprint density at radius 2 is 2.14 bits per heavy atom. The molecule has 1 aliphatic rings. The van der Waals surface area contributed by atoms with Crippen LogP contribution in [0, 0.1) is 0 Å². The van der Waals surface area contributed by atoms with E-state index in [-0.39, 0.29) is 12.7 Å². The maximum atomic E-state index is 11.8. The fourth-order valence-electron chi connectivity index (χ4n) is 1.76. The summed E-state index contributed by atoms with van der Waals surface area (Å²) in [4.78, 5) is 15.8. The van der Waals surface area contributed by atoms with Gasteiger partial charge < -0.3 is 9.47 Å². The number of carbonyl (C=O) groups excluding carboxylic acids is 1. The molecule has 7 heteroatoms. The number of fused-ring (bicyclic) bond motifs is 1. The molecule has 2 heterocycles. The average molecular weight is 348 g/mol. The Morgan fingerprint density at radius 3 is 3.00 bits per heavy atom. The summed E-state index contributed by atoms with van der Waals surface area (Å²) >= 11 is 3.26. The van der Waals surface area contributed by atoms with Gasteiger partial charge in [0.05, 0.1) is 11.8 Å². The van der Waals surface area contributed by atoms with E-state index in [0.29, 0.717) is 17.1 Å². The number of hydrazone groups is 1. The van der Waals surface area contributed by atoms with Crippen molar-refractivity contribution in [3.05, 3.63) is 52.3 Å². The molecule has 0 aliphatic carbocycles. The van der Waals surface area contributed by atoms with Gasteiger partial charge in [-0.05, 0) is 45.8 Å². The van der Waals surface area contributed by atoms with E-state index in [1.165, 1.54) is 12.4 Å². The molecule has 106 valence electrons. The fourth-order valence-corrected chi connectivity index (χ4v) is 2.12. The zero-order valence-electron chi connectivity index (χ0n) is 10.7. The minimum Gasteiger partial charge on any atom is -0.454 e. The molecule has 0 spiro atoms. The van der Waals surface area contributed by atoms with Gasteiger partial charge in [-0.2, -0.15) is 5.10 Å². The second kappa shape index (κ2) is 5.92. The number of halogens is 1. The van der Waals surface area contributed by atoms with Crippen molar-refractivity contribution in [2.45, 2.75) is 0 Å². The maximum Gasteiger partial charge on any atom is 0.272 e. The van der Waals surface area contributed by atoms with Crippen LogP contribution in [-0.2, 0) is 0 Å². The first-order valence-corrected chi connectivity index (χ1v) is 6.85. The Morgan fingerprint density at radius 1 is 1.29 bits per heavy atom. The van der Waals surface area contributed by atoms with Gasteiger partial charge in [-0.15, -0.1) is 0 Å². The smallest absolute Gasteiger partial charge is 0.272 e. The summed E-state index contributed by atoms with van der Waals surface area (Å²) < 4.78 is 11.2. The maximum absolute atomic E-state index is 11.8. The Labute approximate surface area is 128 Å². The van der Waals surface area contributed by atoms with Gasteiger partial charge in [0.25, 0.3) is 5.91 Å². The standard InChI is InChI=1S/C14H10BrN3O3/c15-11-4-10(6-16-7-11)14(19)18-17-5-9-1-2-12-13(3-9)21-8-20-12/h1-7H,8H2,(H,18,19)/b17-5-. The Bertz CT molecular complexity index is 718. The number of hydrogen-bond acceptors (Lipinski definition) is 5. The highest BCUT2D eigenvalue weighted by Crippen LogP contribution is 2.31. The van der Waals surface area contributed by atoms with Gasteiger partial charge in [0.1, 0.15) is 0 Å². The lowest BCUT2D eigenvalue weighted by atomic mass is 10.2. The van der Waals surface area contributed by atoms with Gasteiger partial charge in [-0.25, -0.2) is 5.43 Å². The summed E-state index contributed by atoms with van der Waals surface area (Å²) in [7, 11) is 0. The monoisotopic (exact) mass is 347 g/mol. The van der Waals surface area contributed by atoms with Gasteiger partial charge in [0.15, 0.2) is 11.5 Å². The van der Waals surface area contributed by atoms with E-state index < -0.39 is 0 Å². The molecule has 1 aromatic heterocycles. The number of carbonyl (C=O) groups is 1. The van der Waals surface area contributed by atoms with Crippen molar-refractivity contribution in [2.75, 3.05) is 6.79 Å². The number of nitrogens with zero attached hydrogens (tertiary/aromatic N) is 2. The van der Waals surface area contributed by atoms with Crippen molar-refractivity contribution in [3.63, 3.8) is 0 Å². The zero-order valence-corrected chi connectivity index (χ0v) is 12.3. The van der Waals surface area contributed by atoms with Crippen LogP contribution >= 0.6 is 15.9 Å². The number of benzene rings is 1. The van der Waals surface area contributed by atoms with Gasteiger partial charge in [0, 0.05) is 16.9 Å². The van der Waals surface area contributed by atoms with E-state index in [1.54, 1.807) is 24.4 Å². The minimum atomic E-state index is -0.333. The van der Waals surface area contributed by atoms with Crippen molar-refractivity contribution in [2.24, 2.45) is 5.10 Å². The number of nitrogens with one attached hydrogen (secondary N) is 1. The summed E-state index contributed by atoms with van der Waals surface area (Å²) in [6, 6.07) is 7.07. The SMILES string of the molecule is O=C(N/N=C\c1ccc2c(c1)OCO2)c1cncc(Br)c1. The van der Waals surface area contributed by atoms with Crippen LogP contribution in [0.3, 0.4) is 0 Å². The summed E-state index contributed by atoms with van der Waals surface area (Å²) in [5, 5.41) is 3.91. The molecule has 0 saturated heterocycles. The quantitative estimate of drug-likeness (QED) is 0.683. The van der Waals surface area contributed by atoms with Crippen LogP contribution in [0.1, 0.15) is 15.9 Å². The predicted molar refractivity (Wildman–Crippen MR) is 79.6 cm³/mol. The van der Waals surface area contributed by atoms with Gasteiger partial charge >= 0.3 is 0 Å². The fraction of sp³-hybridized carbons (Fsp3) is 0.0714. The zero-order chi connectivity index (χ0) is 14.7. The Hall–Kier alpha value is -2.41. The number of rotatable bonds is 3. The van der Waals surface area contributed by atoms with E-state index in [9.17, 15) is 4.79 Å². The number of pyridine rings is 1. The molecule has 1 aromatic carbocycles. The molecule has 0 fully saturated rings. The van der Waals surface area contributed by atoms with Crippen LogP contribution in [0.4, 0.5) is 0 Å². The summed E-state index contributed by atoms with van der Waals surface area (Å²) in [5.41, 5.74) is 3.66. The molecule has 6 nitrogen and oxygen atoms in total. The van der Waals surface area contributed by atoms with Crippen molar-refractivity contribution in [1.29, 1.82) is 0 Å². The van der Waals surface area contributed by atoms with Crippen molar-refractivity contribution in [1.82, 2.24) is 10.4 Å². The normalized spacial score (nSPS) is 12.6. The summed E-state index contributed by atoms with van der Waals surface area (Å²) in [5.74, 6) is 1.04. The van der Waals surface area contributed by atoms with Crippen LogP contribution in [0.15, 0.2) is 46.2 Å².